The van der Waals surface area contributed by atoms with Gasteiger partial charge in [-0.3, -0.25) is 4.79 Å². The minimum Gasteiger partial charge on any atom is -0.385 e. The molecule has 6 nitrogen and oxygen atoms in total. The first-order valence-corrected chi connectivity index (χ1v) is 14.2. The SMILES string of the molecule is COCCCN(CC(=O)N1CCc2sccc2C1c1ccc(C)cc1)S(=O)(=O)c1ccc(Cl)cc1. The fourth-order valence-corrected chi connectivity index (χ4v) is 6.82. The van der Waals surface area contributed by atoms with Gasteiger partial charge >= 0.3 is 0 Å². The molecule has 0 saturated carbocycles. The van der Waals surface area contributed by atoms with Gasteiger partial charge in [-0.25, -0.2) is 8.42 Å². The second-order valence-electron chi connectivity index (χ2n) is 8.59. The highest BCUT2D eigenvalue weighted by Gasteiger charge is 2.35. The number of nitrogens with zero attached hydrogens (tertiary/aromatic N) is 2. The molecule has 2 heterocycles. The van der Waals surface area contributed by atoms with Crippen molar-refractivity contribution in [3.63, 3.8) is 0 Å². The van der Waals surface area contributed by atoms with E-state index in [4.69, 9.17) is 16.3 Å². The zero-order chi connectivity index (χ0) is 25.0. The first-order valence-electron chi connectivity index (χ1n) is 11.5. The van der Waals surface area contributed by atoms with Crippen LogP contribution in [-0.2, 0) is 26.0 Å². The maximum absolute atomic E-state index is 13.7. The van der Waals surface area contributed by atoms with Gasteiger partial charge in [-0.2, -0.15) is 4.31 Å². The summed E-state index contributed by atoms with van der Waals surface area (Å²) in [6.07, 6.45) is 1.24. The summed E-state index contributed by atoms with van der Waals surface area (Å²) in [7, 11) is -2.32. The summed E-state index contributed by atoms with van der Waals surface area (Å²) in [5.41, 5.74) is 3.28. The van der Waals surface area contributed by atoms with E-state index >= 15 is 0 Å². The molecule has 9 heteroatoms. The fraction of sp³-hybridized carbons (Fsp3) is 0.346. The van der Waals surface area contributed by atoms with Crippen molar-refractivity contribution in [3.05, 3.63) is 86.6 Å². The van der Waals surface area contributed by atoms with Gasteiger partial charge in [-0.15, -0.1) is 11.3 Å². The number of carbonyl (C=O) groups is 1. The molecule has 1 aliphatic heterocycles. The molecule has 35 heavy (non-hydrogen) atoms. The van der Waals surface area contributed by atoms with Gasteiger partial charge in [0.2, 0.25) is 15.9 Å². The molecule has 0 bridgehead atoms. The van der Waals surface area contributed by atoms with E-state index in [-0.39, 0.29) is 29.9 Å². The molecule has 1 amide bonds. The lowest BCUT2D eigenvalue weighted by molar-refractivity contribution is -0.133. The van der Waals surface area contributed by atoms with Crippen molar-refractivity contribution in [2.75, 3.05) is 33.4 Å². The van der Waals surface area contributed by atoms with Crippen LogP contribution in [0.3, 0.4) is 0 Å². The predicted molar refractivity (Wildman–Crippen MR) is 139 cm³/mol. The molecule has 0 saturated heterocycles. The fourth-order valence-electron chi connectivity index (χ4n) is 4.36. The number of ether oxygens (including phenoxy) is 1. The third-order valence-corrected chi connectivity index (χ3v) is 9.31. The number of fused-ring (bicyclic) bond motifs is 1. The van der Waals surface area contributed by atoms with Gasteiger partial charge in [0.25, 0.3) is 0 Å². The quantitative estimate of drug-likeness (QED) is 0.367. The number of benzene rings is 2. The molecule has 0 spiro atoms. The van der Waals surface area contributed by atoms with E-state index in [0.717, 1.165) is 23.1 Å². The number of rotatable bonds is 9. The second-order valence-corrected chi connectivity index (χ2v) is 12.0. The topological polar surface area (TPSA) is 66.9 Å². The maximum atomic E-state index is 13.7. The van der Waals surface area contributed by atoms with Crippen LogP contribution >= 0.6 is 22.9 Å². The molecular weight excluding hydrogens is 504 g/mol. The Balaban J connectivity index is 1.64. The van der Waals surface area contributed by atoms with E-state index in [1.165, 1.54) is 21.3 Å². The smallest absolute Gasteiger partial charge is 0.243 e. The van der Waals surface area contributed by atoms with Gasteiger partial charge in [0.15, 0.2) is 0 Å². The van der Waals surface area contributed by atoms with Crippen molar-refractivity contribution in [2.24, 2.45) is 0 Å². The third kappa shape index (κ3) is 5.78. The van der Waals surface area contributed by atoms with Crippen LogP contribution < -0.4 is 0 Å². The number of hydrogen-bond acceptors (Lipinski definition) is 5. The summed E-state index contributed by atoms with van der Waals surface area (Å²) in [5.74, 6) is -0.220. The standard InChI is InChI=1S/C26H29ClN2O4S2/c1-19-4-6-20(7-5-19)26-23-13-17-34-24(23)12-15-29(26)25(30)18-28(14-3-16-33-2)35(31,32)22-10-8-21(27)9-11-22/h4-11,13,17,26H,3,12,14-16,18H2,1-2H3. The third-order valence-electron chi connectivity index (χ3n) is 6.20. The molecular formula is C26H29ClN2O4S2. The van der Waals surface area contributed by atoms with Gasteiger partial charge in [0.1, 0.15) is 0 Å². The maximum Gasteiger partial charge on any atom is 0.243 e. The van der Waals surface area contributed by atoms with Crippen LogP contribution in [-0.4, -0.2) is 56.9 Å². The first-order chi connectivity index (χ1) is 16.8. The van der Waals surface area contributed by atoms with Gasteiger partial charge in [0, 0.05) is 36.7 Å². The normalized spacial score (nSPS) is 15.9. The Bertz CT molecular complexity index is 1260. The molecule has 0 fully saturated rings. The summed E-state index contributed by atoms with van der Waals surface area (Å²) in [6, 6.07) is 16.0. The average Bonchev–Trinajstić information content (AvgIpc) is 3.33. The molecule has 1 unspecified atom stereocenters. The predicted octanol–water partition coefficient (Wildman–Crippen LogP) is 4.91. The molecule has 1 aromatic heterocycles. The van der Waals surface area contributed by atoms with Gasteiger partial charge in [0.05, 0.1) is 17.5 Å². The first kappa shape index (κ1) is 25.9. The zero-order valence-electron chi connectivity index (χ0n) is 19.8. The Morgan fingerprint density at radius 3 is 2.54 bits per heavy atom. The number of thiophene rings is 1. The minimum atomic E-state index is -3.90. The highest BCUT2D eigenvalue weighted by atomic mass is 35.5. The number of amides is 1. The van der Waals surface area contributed by atoms with Gasteiger partial charge in [-0.1, -0.05) is 41.4 Å². The highest BCUT2D eigenvalue weighted by molar-refractivity contribution is 7.89. The van der Waals surface area contributed by atoms with E-state index in [1.807, 2.05) is 36.1 Å². The number of hydrogen-bond donors (Lipinski definition) is 0. The largest absolute Gasteiger partial charge is 0.385 e. The van der Waals surface area contributed by atoms with Crippen molar-refractivity contribution in [1.82, 2.24) is 9.21 Å². The van der Waals surface area contributed by atoms with Crippen molar-refractivity contribution < 1.29 is 17.9 Å². The van der Waals surface area contributed by atoms with Crippen LogP contribution in [0.4, 0.5) is 0 Å². The molecule has 0 N–H and O–H groups in total. The summed E-state index contributed by atoms with van der Waals surface area (Å²) in [6.45, 7) is 2.91. The lowest BCUT2D eigenvalue weighted by Crippen LogP contribution is -2.47. The van der Waals surface area contributed by atoms with Crippen LogP contribution in [0.15, 0.2) is 64.9 Å². The Labute approximate surface area is 216 Å². The van der Waals surface area contributed by atoms with Crippen molar-refractivity contribution in [1.29, 1.82) is 0 Å². The highest BCUT2D eigenvalue weighted by Crippen LogP contribution is 2.38. The number of sulfonamides is 1. The van der Waals surface area contributed by atoms with E-state index in [1.54, 1.807) is 30.6 Å². The van der Waals surface area contributed by atoms with Gasteiger partial charge < -0.3 is 9.64 Å². The van der Waals surface area contributed by atoms with E-state index in [2.05, 4.69) is 11.4 Å². The van der Waals surface area contributed by atoms with Crippen molar-refractivity contribution in [2.45, 2.75) is 30.7 Å². The van der Waals surface area contributed by atoms with E-state index < -0.39 is 10.0 Å². The minimum absolute atomic E-state index is 0.112. The van der Waals surface area contributed by atoms with E-state index in [9.17, 15) is 13.2 Å². The van der Waals surface area contributed by atoms with Gasteiger partial charge in [-0.05, 0) is 66.6 Å². The summed E-state index contributed by atoms with van der Waals surface area (Å²) >= 11 is 7.66. The Kier molecular flexibility index (Phi) is 8.29. The van der Waals surface area contributed by atoms with Crippen LogP contribution in [0.25, 0.3) is 0 Å². The molecule has 1 atom stereocenters. The Morgan fingerprint density at radius 1 is 1.14 bits per heavy atom. The number of carbonyl (C=O) groups excluding carboxylic acids is 1. The molecule has 1 aliphatic rings. The number of halogens is 1. The van der Waals surface area contributed by atoms with Crippen molar-refractivity contribution in [3.8, 4) is 0 Å². The van der Waals surface area contributed by atoms with Crippen LogP contribution in [0.5, 0.6) is 0 Å². The lowest BCUT2D eigenvalue weighted by atomic mass is 9.92. The van der Waals surface area contributed by atoms with Crippen LogP contribution in [0, 0.1) is 6.92 Å². The summed E-state index contributed by atoms with van der Waals surface area (Å²) in [4.78, 5) is 16.9. The summed E-state index contributed by atoms with van der Waals surface area (Å²) in [5, 5.41) is 2.51. The lowest BCUT2D eigenvalue weighted by Gasteiger charge is -2.37. The van der Waals surface area contributed by atoms with Crippen molar-refractivity contribution >= 4 is 38.9 Å². The Hall–Kier alpha value is -2.23. The monoisotopic (exact) mass is 532 g/mol. The van der Waals surface area contributed by atoms with E-state index in [0.29, 0.717) is 24.6 Å². The van der Waals surface area contributed by atoms with Crippen LogP contribution in [0.2, 0.25) is 5.02 Å². The molecule has 3 aromatic rings. The number of methoxy groups -OCH3 is 1. The number of aryl methyl sites for hydroxylation is 1. The molecule has 2 aromatic carbocycles. The Morgan fingerprint density at radius 2 is 1.86 bits per heavy atom. The molecule has 4 rings (SSSR count). The second kappa shape index (κ2) is 11.2. The summed E-state index contributed by atoms with van der Waals surface area (Å²) < 4.78 is 33.3. The molecule has 0 aliphatic carbocycles. The molecule has 0 radical (unpaired) electrons. The molecule has 186 valence electrons. The average molecular weight is 533 g/mol. The van der Waals surface area contributed by atoms with Crippen LogP contribution in [0.1, 0.15) is 34.0 Å². The zero-order valence-corrected chi connectivity index (χ0v) is 22.2.